The average molecular weight is 463 g/mol. The number of nitrogens with zero attached hydrogens (tertiary/aromatic N) is 1. The molecule has 7 heteroatoms. The van der Waals surface area contributed by atoms with Gasteiger partial charge in [0.25, 0.3) is 0 Å². The normalized spacial score (nSPS) is 16.3. The molecule has 0 saturated carbocycles. The van der Waals surface area contributed by atoms with Gasteiger partial charge < -0.3 is 4.90 Å². The fourth-order valence-electron chi connectivity index (χ4n) is 4.13. The van der Waals surface area contributed by atoms with E-state index in [-0.39, 0.29) is 17.3 Å². The third-order valence-electron chi connectivity index (χ3n) is 5.90. The molecule has 31 heavy (non-hydrogen) atoms. The minimum absolute atomic E-state index is 0.0191. The molecule has 1 fully saturated rings. The summed E-state index contributed by atoms with van der Waals surface area (Å²) in [4.78, 5) is 15.5. The summed E-state index contributed by atoms with van der Waals surface area (Å²) in [5.74, 6) is 0.155. The van der Waals surface area contributed by atoms with Crippen LogP contribution in [0.3, 0.4) is 0 Å². The second-order valence-corrected chi connectivity index (χ2v) is 10.8. The van der Waals surface area contributed by atoms with Crippen molar-refractivity contribution in [3.05, 3.63) is 64.2 Å². The third-order valence-corrected chi connectivity index (χ3v) is 7.69. The molecular formula is C24H31ClN2O3S. The molecular weight excluding hydrogens is 432 g/mol. The number of nitrogens with one attached hydrogen (secondary N) is 1. The highest BCUT2D eigenvalue weighted by Crippen LogP contribution is 2.30. The Morgan fingerprint density at radius 2 is 1.74 bits per heavy atom. The summed E-state index contributed by atoms with van der Waals surface area (Å²) < 4.78 is 28.3. The molecule has 0 radical (unpaired) electrons. The van der Waals surface area contributed by atoms with Crippen molar-refractivity contribution in [3.8, 4) is 0 Å². The molecule has 168 valence electrons. The Balaban J connectivity index is 1.76. The zero-order valence-electron chi connectivity index (χ0n) is 18.4. The van der Waals surface area contributed by atoms with Gasteiger partial charge in [-0.1, -0.05) is 42.8 Å². The van der Waals surface area contributed by atoms with Crippen molar-refractivity contribution in [2.75, 3.05) is 19.6 Å². The van der Waals surface area contributed by atoms with Crippen LogP contribution >= 0.6 is 11.6 Å². The predicted molar refractivity (Wildman–Crippen MR) is 125 cm³/mol. The van der Waals surface area contributed by atoms with Crippen LogP contribution in [0.25, 0.3) is 0 Å². The molecule has 2 aromatic rings. The lowest BCUT2D eigenvalue weighted by Gasteiger charge is -2.33. The van der Waals surface area contributed by atoms with E-state index in [1.54, 1.807) is 18.2 Å². The molecule has 5 nitrogen and oxygen atoms in total. The molecule has 1 amide bonds. The van der Waals surface area contributed by atoms with Gasteiger partial charge in [0, 0.05) is 24.7 Å². The second-order valence-electron chi connectivity index (χ2n) is 8.59. The van der Waals surface area contributed by atoms with E-state index >= 15 is 0 Å². The van der Waals surface area contributed by atoms with Gasteiger partial charge in [-0.15, -0.1) is 0 Å². The molecule has 0 aliphatic carbocycles. The van der Waals surface area contributed by atoms with Crippen molar-refractivity contribution in [1.29, 1.82) is 0 Å². The van der Waals surface area contributed by atoms with Gasteiger partial charge in [0.05, 0.1) is 10.8 Å². The fraction of sp³-hybridized carbons (Fsp3) is 0.458. The quantitative estimate of drug-likeness (QED) is 0.650. The SMILES string of the molecule is Cc1cc(C)cc(S(=O)(=O)NCCC(C(=O)N2CCC(C)CC2)c2ccccc2Cl)c1. The molecule has 0 aromatic heterocycles. The first-order valence-corrected chi connectivity index (χ1v) is 12.6. The van der Waals surface area contributed by atoms with E-state index in [9.17, 15) is 13.2 Å². The number of piperidine rings is 1. The first kappa shape index (κ1) is 23.8. The number of likely N-dealkylation sites (tertiary alicyclic amines) is 1. The molecule has 1 aliphatic rings. The van der Waals surface area contributed by atoms with Gasteiger partial charge in [-0.2, -0.15) is 0 Å². The van der Waals surface area contributed by atoms with E-state index in [1.807, 2.05) is 43.0 Å². The molecule has 1 saturated heterocycles. The summed E-state index contributed by atoms with van der Waals surface area (Å²) in [5.41, 5.74) is 2.53. The maximum absolute atomic E-state index is 13.4. The van der Waals surface area contributed by atoms with Crippen LogP contribution in [0.1, 0.15) is 48.8 Å². The van der Waals surface area contributed by atoms with Crippen molar-refractivity contribution in [2.24, 2.45) is 5.92 Å². The number of hydrogen-bond donors (Lipinski definition) is 1. The molecule has 1 unspecified atom stereocenters. The highest BCUT2D eigenvalue weighted by molar-refractivity contribution is 7.89. The molecule has 1 atom stereocenters. The van der Waals surface area contributed by atoms with Crippen molar-refractivity contribution < 1.29 is 13.2 Å². The number of carbonyl (C=O) groups is 1. The van der Waals surface area contributed by atoms with Crippen molar-refractivity contribution in [2.45, 2.75) is 50.8 Å². The first-order chi connectivity index (χ1) is 14.7. The maximum Gasteiger partial charge on any atom is 0.240 e. The van der Waals surface area contributed by atoms with Gasteiger partial charge >= 0.3 is 0 Å². The minimum Gasteiger partial charge on any atom is -0.342 e. The molecule has 0 bridgehead atoms. The van der Waals surface area contributed by atoms with Crippen LogP contribution in [0, 0.1) is 19.8 Å². The first-order valence-electron chi connectivity index (χ1n) is 10.8. The molecule has 0 spiro atoms. The van der Waals surface area contributed by atoms with Crippen molar-refractivity contribution in [1.82, 2.24) is 9.62 Å². The number of halogens is 1. The highest BCUT2D eigenvalue weighted by atomic mass is 35.5. The van der Waals surface area contributed by atoms with Crippen LogP contribution in [0.5, 0.6) is 0 Å². The zero-order valence-corrected chi connectivity index (χ0v) is 20.0. The number of rotatable bonds is 7. The van der Waals surface area contributed by atoms with Gasteiger partial charge in [0.1, 0.15) is 0 Å². The lowest BCUT2D eigenvalue weighted by molar-refractivity contribution is -0.134. The van der Waals surface area contributed by atoms with E-state index in [4.69, 9.17) is 11.6 Å². The Kier molecular flexibility index (Phi) is 7.78. The zero-order chi connectivity index (χ0) is 22.6. The Bertz CT molecular complexity index is 1010. The van der Waals surface area contributed by atoms with Crippen LogP contribution in [0.2, 0.25) is 5.02 Å². The molecule has 3 rings (SSSR count). The van der Waals surface area contributed by atoms with E-state index in [2.05, 4.69) is 11.6 Å². The Morgan fingerprint density at radius 3 is 2.35 bits per heavy atom. The van der Waals surface area contributed by atoms with Crippen LogP contribution in [0.4, 0.5) is 0 Å². The van der Waals surface area contributed by atoms with Crippen LogP contribution in [-0.4, -0.2) is 38.9 Å². The number of benzene rings is 2. The Morgan fingerprint density at radius 1 is 1.13 bits per heavy atom. The molecule has 1 heterocycles. The van der Waals surface area contributed by atoms with Crippen molar-refractivity contribution in [3.63, 3.8) is 0 Å². The summed E-state index contributed by atoms with van der Waals surface area (Å²) in [5, 5.41) is 0.531. The van der Waals surface area contributed by atoms with E-state index in [0.717, 1.165) is 42.6 Å². The third kappa shape index (κ3) is 6.09. The van der Waals surface area contributed by atoms with Crippen LogP contribution in [-0.2, 0) is 14.8 Å². The lowest BCUT2D eigenvalue weighted by Crippen LogP contribution is -2.41. The second kappa shape index (κ2) is 10.2. The van der Waals surface area contributed by atoms with Gasteiger partial charge in [-0.05, 0) is 73.9 Å². The number of aryl methyl sites for hydroxylation is 2. The predicted octanol–water partition coefficient (Wildman–Crippen LogP) is 4.67. The van der Waals surface area contributed by atoms with Gasteiger partial charge in [0.15, 0.2) is 0 Å². The highest BCUT2D eigenvalue weighted by Gasteiger charge is 2.30. The topological polar surface area (TPSA) is 66.5 Å². The minimum atomic E-state index is -3.66. The fourth-order valence-corrected chi connectivity index (χ4v) is 5.63. The standard InChI is InChI=1S/C24H31ClN2O3S/c1-17-9-12-27(13-10-17)24(28)22(21-6-4-5-7-23(21)25)8-11-26-31(29,30)20-15-18(2)14-19(3)16-20/h4-7,14-17,22,26H,8-13H2,1-3H3. The average Bonchev–Trinajstić information content (AvgIpc) is 2.71. The number of amides is 1. The molecule has 1 N–H and O–H groups in total. The largest absolute Gasteiger partial charge is 0.342 e. The van der Waals surface area contributed by atoms with Gasteiger partial charge in [-0.25, -0.2) is 13.1 Å². The van der Waals surface area contributed by atoms with E-state index < -0.39 is 15.9 Å². The number of hydrogen-bond acceptors (Lipinski definition) is 3. The lowest BCUT2D eigenvalue weighted by atomic mass is 9.92. The van der Waals surface area contributed by atoms with E-state index in [1.165, 1.54) is 0 Å². The van der Waals surface area contributed by atoms with E-state index in [0.29, 0.717) is 17.4 Å². The Labute approximate surface area is 190 Å². The molecule has 1 aliphatic heterocycles. The maximum atomic E-state index is 13.4. The van der Waals surface area contributed by atoms with Gasteiger partial charge in [0.2, 0.25) is 15.9 Å². The molecule has 2 aromatic carbocycles. The monoisotopic (exact) mass is 462 g/mol. The summed E-state index contributed by atoms with van der Waals surface area (Å²) in [7, 11) is -3.66. The summed E-state index contributed by atoms with van der Waals surface area (Å²) >= 11 is 6.42. The van der Waals surface area contributed by atoms with Crippen LogP contribution in [0.15, 0.2) is 47.4 Å². The summed E-state index contributed by atoms with van der Waals surface area (Å²) in [6, 6.07) is 12.6. The summed E-state index contributed by atoms with van der Waals surface area (Å²) in [6.45, 7) is 7.57. The summed E-state index contributed by atoms with van der Waals surface area (Å²) in [6.07, 6.45) is 2.32. The smallest absolute Gasteiger partial charge is 0.240 e. The number of sulfonamides is 1. The van der Waals surface area contributed by atoms with Crippen molar-refractivity contribution >= 4 is 27.5 Å². The van der Waals surface area contributed by atoms with Crippen LogP contribution < -0.4 is 4.72 Å². The van der Waals surface area contributed by atoms with Gasteiger partial charge in [-0.3, -0.25) is 4.79 Å². The Hall–Kier alpha value is -1.89. The number of carbonyl (C=O) groups excluding carboxylic acids is 1.